The van der Waals surface area contributed by atoms with E-state index < -0.39 is 0 Å². The molecule has 0 radical (unpaired) electrons. The van der Waals surface area contributed by atoms with Crippen LogP contribution in [-0.4, -0.2) is 34.3 Å². The lowest BCUT2D eigenvalue weighted by atomic mass is 10.4. The molecule has 0 saturated heterocycles. The molecule has 1 heterocycles. The fraction of sp³-hybridized carbons (Fsp3) is 0.571. The summed E-state index contributed by atoms with van der Waals surface area (Å²) in [5, 5.41) is 7.13. The zero-order chi connectivity index (χ0) is 10.4. The Morgan fingerprint density at radius 1 is 1.71 bits per heavy atom. The van der Waals surface area contributed by atoms with E-state index >= 15 is 0 Å². The van der Waals surface area contributed by atoms with Crippen molar-refractivity contribution in [2.45, 2.75) is 6.42 Å². The molecule has 7 nitrogen and oxygen atoms in total. The summed E-state index contributed by atoms with van der Waals surface area (Å²) in [6.07, 6.45) is 2.41. The van der Waals surface area contributed by atoms with E-state index in [2.05, 4.69) is 25.8 Å². The Morgan fingerprint density at radius 3 is 3.00 bits per heavy atom. The Hall–Kier alpha value is -1.63. The second kappa shape index (κ2) is 5.18. The molecule has 4 N–H and O–H groups in total. The van der Waals surface area contributed by atoms with Gasteiger partial charge in [0, 0.05) is 27.1 Å². The van der Waals surface area contributed by atoms with Crippen molar-refractivity contribution >= 4 is 5.96 Å². The molecular formula is C7H15N7. The highest BCUT2D eigenvalue weighted by atomic mass is 15.3. The number of nitrogens with one attached hydrogen (secondary N) is 2. The molecule has 1 aromatic rings. The minimum absolute atomic E-state index is 0.556. The molecule has 0 bridgehead atoms. The highest BCUT2D eigenvalue weighted by Gasteiger charge is 1.98. The molecule has 0 aliphatic carbocycles. The Balaban J connectivity index is 2.28. The number of guanidine groups is 1. The quantitative estimate of drug-likeness (QED) is 0.235. The van der Waals surface area contributed by atoms with Crippen LogP contribution in [-0.2, 0) is 13.5 Å². The first-order valence-electron chi connectivity index (χ1n) is 4.28. The van der Waals surface area contributed by atoms with Gasteiger partial charge in [-0.3, -0.25) is 15.1 Å². The predicted octanol–water partition coefficient (Wildman–Crippen LogP) is -1.60. The van der Waals surface area contributed by atoms with Gasteiger partial charge in [-0.2, -0.15) is 5.10 Å². The first kappa shape index (κ1) is 10.5. The van der Waals surface area contributed by atoms with E-state index in [1.165, 1.54) is 0 Å². The molecule has 0 amide bonds. The third-order valence-electron chi connectivity index (χ3n) is 1.65. The van der Waals surface area contributed by atoms with Gasteiger partial charge in [-0.05, 0) is 0 Å². The Bertz CT molecular complexity index is 303. The second-order valence-corrected chi connectivity index (χ2v) is 2.73. The summed E-state index contributed by atoms with van der Waals surface area (Å²) in [7, 11) is 3.49. The van der Waals surface area contributed by atoms with Crippen molar-refractivity contribution in [1.29, 1.82) is 0 Å². The van der Waals surface area contributed by atoms with Crippen molar-refractivity contribution in [3.8, 4) is 0 Å². The summed E-state index contributed by atoms with van der Waals surface area (Å²) >= 11 is 0. The molecule has 0 spiro atoms. The summed E-state index contributed by atoms with van der Waals surface area (Å²) in [5.41, 5.74) is 2.44. The van der Waals surface area contributed by atoms with E-state index in [4.69, 9.17) is 5.84 Å². The first-order chi connectivity index (χ1) is 6.76. The number of aryl methyl sites for hydroxylation is 1. The average Bonchev–Trinajstić information content (AvgIpc) is 2.59. The van der Waals surface area contributed by atoms with E-state index in [0.29, 0.717) is 12.5 Å². The van der Waals surface area contributed by atoms with Gasteiger partial charge >= 0.3 is 0 Å². The molecule has 0 aliphatic heterocycles. The third kappa shape index (κ3) is 3.02. The molecule has 0 aliphatic rings. The number of aromatic nitrogens is 3. The maximum atomic E-state index is 5.19. The molecule has 7 heteroatoms. The standard InChI is InChI=1S/C7H15N7/c1-9-7(12-8)10-4-3-6-11-5-14(2)13-6/h5H,3-4,8H2,1-2H3,(H2,9,10,12). The maximum absolute atomic E-state index is 5.19. The molecule has 0 aromatic carbocycles. The minimum Gasteiger partial charge on any atom is -0.355 e. The van der Waals surface area contributed by atoms with Crippen molar-refractivity contribution < 1.29 is 0 Å². The summed E-state index contributed by atoms with van der Waals surface area (Å²) in [5.74, 6) is 6.54. The summed E-state index contributed by atoms with van der Waals surface area (Å²) in [6.45, 7) is 0.695. The fourth-order valence-corrected chi connectivity index (χ4v) is 0.986. The van der Waals surface area contributed by atoms with Crippen LogP contribution in [0.5, 0.6) is 0 Å². The second-order valence-electron chi connectivity index (χ2n) is 2.73. The van der Waals surface area contributed by atoms with Gasteiger partial charge in [-0.1, -0.05) is 0 Å². The van der Waals surface area contributed by atoms with Gasteiger partial charge in [0.15, 0.2) is 5.82 Å². The van der Waals surface area contributed by atoms with Gasteiger partial charge in [0.1, 0.15) is 6.33 Å². The Kier molecular flexibility index (Phi) is 3.86. The summed E-state index contributed by atoms with van der Waals surface area (Å²) < 4.78 is 1.67. The van der Waals surface area contributed by atoms with Crippen LogP contribution in [0, 0.1) is 0 Å². The zero-order valence-corrected chi connectivity index (χ0v) is 8.36. The van der Waals surface area contributed by atoms with Crippen LogP contribution in [0.2, 0.25) is 0 Å². The largest absolute Gasteiger partial charge is 0.355 e. The number of nitrogens with two attached hydrogens (primary N) is 1. The van der Waals surface area contributed by atoms with Crippen LogP contribution in [0.4, 0.5) is 0 Å². The lowest BCUT2D eigenvalue weighted by molar-refractivity contribution is 0.724. The van der Waals surface area contributed by atoms with Gasteiger partial charge in [0.2, 0.25) is 5.96 Å². The average molecular weight is 197 g/mol. The van der Waals surface area contributed by atoms with E-state index in [-0.39, 0.29) is 0 Å². The molecular weight excluding hydrogens is 182 g/mol. The van der Waals surface area contributed by atoms with Crippen LogP contribution in [0.3, 0.4) is 0 Å². The lowest BCUT2D eigenvalue weighted by Crippen LogP contribution is -2.42. The monoisotopic (exact) mass is 197 g/mol. The molecule has 1 aromatic heterocycles. The fourth-order valence-electron chi connectivity index (χ4n) is 0.986. The smallest absolute Gasteiger partial charge is 0.205 e. The van der Waals surface area contributed by atoms with Crippen LogP contribution in [0.1, 0.15) is 5.82 Å². The van der Waals surface area contributed by atoms with Gasteiger partial charge < -0.3 is 5.32 Å². The normalized spacial score (nSPS) is 11.5. The summed E-state index contributed by atoms with van der Waals surface area (Å²) in [4.78, 5) is 7.95. The van der Waals surface area contributed by atoms with Crippen molar-refractivity contribution in [3.05, 3.63) is 12.2 Å². The van der Waals surface area contributed by atoms with E-state index in [1.807, 2.05) is 7.05 Å². The lowest BCUT2D eigenvalue weighted by Gasteiger charge is -2.05. The molecule has 78 valence electrons. The number of nitrogens with zero attached hydrogens (tertiary/aromatic N) is 4. The summed E-state index contributed by atoms with van der Waals surface area (Å²) in [6, 6.07) is 0. The molecule has 1 rings (SSSR count). The van der Waals surface area contributed by atoms with Crippen LogP contribution >= 0.6 is 0 Å². The molecule has 0 unspecified atom stereocenters. The molecule has 0 atom stereocenters. The number of hydrogen-bond acceptors (Lipinski definition) is 4. The van der Waals surface area contributed by atoms with Crippen LogP contribution in [0.15, 0.2) is 11.3 Å². The predicted molar refractivity (Wildman–Crippen MR) is 53.4 cm³/mol. The van der Waals surface area contributed by atoms with Crippen molar-refractivity contribution in [2.75, 3.05) is 13.6 Å². The molecule has 14 heavy (non-hydrogen) atoms. The first-order valence-corrected chi connectivity index (χ1v) is 4.28. The highest BCUT2D eigenvalue weighted by Crippen LogP contribution is 1.87. The van der Waals surface area contributed by atoms with Gasteiger partial charge in [-0.25, -0.2) is 10.8 Å². The highest BCUT2D eigenvalue weighted by molar-refractivity contribution is 5.78. The van der Waals surface area contributed by atoms with E-state index in [1.54, 1.807) is 18.1 Å². The Labute approximate surface area is 82.4 Å². The number of hydrogen-bond donors (Lipinski definition) is 3. The third-order valence-corrected chi connectivity index (χ3v) is 1.65. The van der Waals surface area contributed by atoms with E-state index in [0.717, 1.165) is 12.2 Å². The SMILES string of the molecule is CN=C(NN)NCCc1ncn(C)n1. The van der Waals surface area contributed by atoms with Crippen LogP contribution < -0.4 is 16.6 Å². The van der Waals surface area contributed by atoms with Gasteiger partial charge in [0.25, 0.3) is 0 Å². The van der Waals surface area contributed by atoms with Crippen LogP contribution in [0.25, 0.3) is 0 Å². The number of hydrazine groups is 1. The number of rotatable bonds is 3. The minimum atomic E-state index is 0.556. The molecule has 0 saturated carbocycles. The Morgan fingerprint density at radius 2 is 2.50 bits per heavy atom. The van der Waals surface area contributed by atoms with Crippen molar-refractivity contribution in [3.63, 3.8) is 0 Å². The molecule has 0 fully saturated rings. The van der Waals surface area contributed by atoms with Gasteiger partial charge in [0.05, 0.1) is 0 Å². The van der Waals surface area contributed by atoms with Gasteiger partial charge in [-0.15, -0.1) is 0 Å². The maximum Gasteiger partial charge on any atom is 0.205 e. The van der Waals surface area contributed by atoms with Crippen molar-refractivity contribution in [2.24, 2.45) is 17.9 Å². The zero-order valence-electron chi connectivity index (χ0n) is 8.36. The van der Waals surface area contributed by atoms with E-state index in [9.17, 15) is 0 Å². The number of aliphatic imine (C=N–C) groups is 1. The topological polar surface area (TPSA) is 93.1 Å². The van der Waals surface area contributed by atoms with Crippen molar-refractivity contribution in [1.82, 2.24) is 25.5 Å².